The number of anilines is 1. The number of hydrogen-bond acceptors (Lipinski definition) is 6. The summed E-state index contributed by atoms with van der Waals surface area (Å²) in [5, 5.41) is 2.87. The highest BCUT2D eigenvalue weighted by Gasteiger charge is 2.35. The number of rotatable bonds is 5. The second kappa shape index (κ2) is 12.2. The van der Waals surface area contributed by atoms with Gasteiger partial charge in [0.25, 0.3) is 5.91 Å². The molecule has 0 bridgehead atoms. The summed E-state index contributed by atoms with van der Waals surface area (Å²) in [6.07, 6.45) is -5.38. The van der Waals surface area contributed by atoms with Gasteiger partial charge in [0.15, 0.2) is 5.75 Å². The van der Waals surface area contributed by atoms with Crippen molar-refractivity contribution >= 4 is 27.6 Å². The van der Waals surface area contributed by atoms with E-state index >= 15 is 0 Å². The van der Waals surface area contributed by atoms with Crippen LogP contribution in [-0.2, 0) is 14.8 Å². The summed E-state index contributed by atoms with van der Waals surface area (Å²) in [6.45, 7) is 7.82. The molecule has 1 aliphatic heterocycles. The number of amides is 3. The Bertz CT molecular complexity index is 1070. The van der Waals surface area contributed by atoms with E-state index in [0.29, 0.717) is 6.54 Å². The fourth-order valence-electron chi connectivity index (χ4n) is 3.88. The maximum Gasteiger partial charge on any atom is 0.404 e. The van der Waals surface area contributed by atoms with Crippen molar-refractivity contribution in [1.29, 1.82) is 0 Å². The lowest BCUT2D eigenvalue weighted by atomic mass is 10.0. The van der Waals surface area contributed by atoms with Crippen LogP contribution in [0.25, 0.3) is 0 Å². The summed E-state index contributed by atoms with van der Waals surface area (Å²) in [6, 6.07) is 2.83. The van der Waals surface area contributed by atoms with Crippen molar-refractivity contribution in [3.63, 3.8) is 0 Å². The van der Waals surface area contributed by atoms with Crippen LogP contribution >= 0.6 is 0 Å². The first-order valence-corrected chi connectivity index (χ1v) is 13.4. The van der Waals surface area contributed by atoms with Crippen molar-refractivity contribution in [2.75, 3.05) is 44.3 Å². The van der Waals surface area contributed by atoms with Crippen LogP contribution in [0.3, 0.4) is 0 Å². The fraction of sp³-hybridized carbons (Fsp3) is 0.652. The van der Waals surface area contributed by atoms with E-state index in [0.717, 1.165) is 6.07 Å². The molecule has 2 N–H and O–H groups in total. The zero-order chi connectivity index (χ0) is 28.1. The largest absolute Gasteiger partial charge is 0.491 e. The number of halogens is 3. The second-order valence-corrected chi connectivity index (χ2v) is 11.3. The Morgan fingerprint density at radius 2 is 1.89 bits per heavy atom. The predicted octanol–water partition coefficient (Wildman–Crippen LogP) is 2.91. The summed E-state index contributed by atoms with van der Waals surface area (Å²) >= 11 is 0. The summed E-state index contributed by atoms with van der Waals surface area (Å²) in [5.41, 5.74) is -0.272. The summed E-state index contributed by atoms with van der Waals surface area (Å²) in [4.78, 5) is 29.2. The number of nitrogens with one attached hydrogen (secondary N) is 2. The molecule has 210 valence electrons. The zero-order valence-electron chi connectivity index (χ0n) is 21.8. The number of methoxy groups -OCH3 is 1. The molecule has 2 rings (SSSR count). The number of sulfonamides is 1. The van der Waals surface area contributed by atoms with Gasteiger partial charge < -0.3 is 24.6 Å². The number of carbonyl (C=O) groups excluding carboxylic acids is 2. The van der Waals surface area contributed by atoms with Gasteiger partial charge in [0, 0.05) is 44.9 Å². The highest BCUT2D eigenvalue weighted by molar-refractivity contribution is 7.92. The van der Waals surface area contributed by atoms with Crippen LogP contribution in [0, 0.1) is 5.92 Å². The number of ether oxygens (including phenoxy) is 2. The lowest BCUT2D eigenvalue weighted by molar-refractivity contribution is -0.106. The molecule has 0 saturated heterocycles. The van der Waals surface area contributed by atoms with Gasteiger partial charge in [0.05, 0.1) is 17.7 Å². The van der Waals surface area contributed by atoms with Crippen LogP contribution in [0.5, 0.6) is 5.75 Å². The minimum atomic E-state index is -4.93. The van der Waals surface area contributed by atoms with Gasteiger partial charge in [-0.25, -0.2) is 13.2 Å². The molecule has 0 aliphatic carbocycles. The Kier molecular flexibility index (Phi) is 10.1. The lowest BCUT2D eigenvalue weighted by Gasteiger charge is -2.36. The molecular weight excluding hydrogens is 517 g/mol. The topological polar surface area (TPSA) is 117 Å². The maximum atomic E-state index is 13.3. The molecular formula is C23H35F3N4O6S. The standard InChI is InChI=1S/C23H35F3N4O6S/c1-14(2)27-22(32)30-10-15(3)20(35-6)11-29(5)21(31)18-9-17(7-8-19(18)36-12-16(30)4)28-37(33,34)13-23(24,25)26/h7-9,14-16,20,28H,10-13H2,1-6H3,(H,27,32)/t15-,16+,20+/m1/s1. The minimum Gasteiger partial charge on any atom is -0.491 e. The average Bonchev–Trinajstić information content (AvgIpc) is 2.75. The molecule has 0 unspecified atom stereocenters. The van der Waals surface area contributed by atoms with E-state index in [4.69, 9.17) is 9.47 Å². The zero-order valence-corrected chi connectivity index (χ0v) is 22.6. The highest BCUT2D eigenvalue weighted by atomic mass is 32.2. The van der Waals surface area contributed by atoms with E-state index in [1.807, 2.05) is 25.5 Å². The number of fused-ring (bicyclic) bond motifs is 1. The maximum absolute atomic E-state index is 13.3. The van der Waals surface area contributed by atoms with Gasteiger partial charge in [-0.15, -0.1) is 0 Å². The van der Waals surface area contributed by atoms with E-state index in [1.165, 1.54) is 31.2 Å². The molecule has 0 saturated carbocycles. The van der Waals surface area contributed by atoms with Crippen molar-refractivity contribution in [2.24, 2.45) is 5.92 Å². The van der Waals surface area contributed by atoms with Crippen molar-refractivity contribution < 1.29 is 40.7 Å². The number of benzene rings is 1. The minimum absolute atomic E-state index is 0.000966. The third kappa shape index (κ3) is 8.95. The summed E-state index contributed by atoms with van der Waals surface area (Å²) in [5.74, 6) is -2.70. The van der Waals surface area contributed by atoms with Gasteiger partial charge in [0.1, 0.15) is 12.4 Å². The number of carbonyl (C=O) groups is 2. The number of alkyl halides is 3. The van der Waals surface area contributed by atoms with E-state index in [-0.39, 0.29) is 48.1 Å². The van der Waals surface area contributed by atoms with Gasteiger partial charge in [-0.1, -0.05) is 6.92 Å². The van der Waals surface area contributed by atoms with Crippen LogP contribution < -0.4 is 14.8 Å². The monoisotopic (exact) mass is 552 g/mol. The molecule has 3 amide bonds. The lowest BCUT2D eigenvalue weighted by Crippen LogP contribution is -2.52. The molecule has 1 aliphatic rings. The second-order valence-electron chi connectivity index (χ2n) is 9.54. The Balaban J connectivity index is 2.46. The molecule has 1 aromatic rings. The Labute approximate surface area is 215 Å². The van der Waals surface area contributed by atoms with Crippen molar-refractivity contribution in [2.45, 2.75) is 52.1 Å². The van der Waals surface area contributed by atoms with Crippen LogP contribution in [0.1, 0.15) is 38.1 Å². The first-order valence-electron chi connectivity index (χ1n) is 11.7. The normalized spacial score (nSPS) is 22.0. The molecule has 1 aromatic carbocycles. The molecule has 3 atom stereocenters. The van der Waals surface area contributed by atoms with E-state index in [2.05, 4.69) is 5.32 Å². The summed E-state index contributed by atoms with van der Waals surface area (Å²) < 4.78 is 75.2. The van der Waals surface area contributed by atoms with Crippen molar-refractivity contribution in [3.8, 4) is 5.75 Å². The third-order valence-electron chi connectivity index (χ3n) is 5.74. The van der Waals surface area contributed by atoms with E-state index in [1.54, 1.807) is 11.8 Å². The summed E-state index contributed by atoms with van der Waals surface area (Å²) in [7, 11) is -1.74. The Morgan fingerprint density at radius 3 is 2.46 bits per heavy atom. The molecule has 1 heterocycles. The predicted molar refractivity (Wildman–Crippen MR) is 132 cm³/mol. The fourth-order valence-corrected chi connectivity index (χ4v) is 4.87. The van der Waals surface area contributed by atoms with Gasteiger partial charge >= 0.3 is 12.2 Å². The number of hydrogen-bond donors (Lipinski definition) is 2. The highest BCUT2D eigenvalue weighted by Crippen LogP contribution is 2.28. The van der Waals surface area contributed by atoms with Crippen molar-refractivity contribution in [3.05, 3.63) is 23.8 Å². The Hall–Kier alpha value is -2.74. The average molecular weight is 553 g/mol. The van der Waals surface area contributed by atoms with Gasteiger partial charge in [-0.2, -0.15) is 13.2 Å². The smallest absolute Gasteiger partial charge is 0.404 e. The molecule has 0 radical (unpaired) electrons. The quantitative estimate of drug-likeness (QED) is 0.580. The number of likely N-dealkylation sites (N-methyl/N-ethyl adjacent to an activating group) is 1. The van der Waals surface area contributed by atoms with Crippen molar-refractivity contribution in [1.82, 2.24) is 15.1 Å². The van der Waals surface area contributed by atoms with Crippen LogP contribution in [0.15, 0.2) is 18.2 Å². The molecule has 0 fully saturated rings. The molecule has 37 heavy (non-hydrogen) atoms. The van der Waals surface area contributed by atoms with Crippen LogP contribution in [-0.4, -0.2) is 94.1 Å². The number of urea groups is 1. The Morgan fingerprint density at radius 1 is 1.24 bits per heavy atom. The first-order chi connectivity index (χ1) is 17.0. The third-order valence-corrected chi connectivity index (χ3v) is 7.00. The molecule has 0 aromatic heterocycles. The van der Waals surface area contributed by atoms with Crippen LogP contribution in [0.4, 0.5) is 23.7 Å². The van der Waals surface area contributed by atoms with E-state index < -0.39 is 40.0 Å². The number of nitrogens with zero attached hydrogens (tertiary/aromatic N) is 2. The van der Waals surface area contributed by atoms with E-state index in [9.17, 15) is 31.2 Å². The SMILES string of the molecule is CO[C@H]1CN(C)C(=O)c2cc(NS(=O)(=O)CC(F)(F)F)ccc2OC[C@H](C)N(C(=O)NC(C)C)C[C@H]1C. The molecule has 0 spiro atoms. The van der Waals surface area contributed by atoms with Crippen LogP contribution in [0.2, 0.25) is 0 Å². The van der Waals surface area contributed by atoms with Gasteiger partial charge in [0.2, 0.25) is 10.0 Å². The molecule has 14 heteroatoms. The van der Waals surface area contributed by atoms with Gasteiger partial charge in [-0.05, 0) is 39.0 Å². The van der Waals surface area contributed by atoms with Gasteiger partial charge in [-0.3, -0.25) is 9.52 Å². The molecule has 10 nitrogen and oxygen atoms in total. The first kappa shape index (κ1) is 30.5.